The summed E-state index contributed by atoms with van der Waals surface area (Å²) in [6, 6.07) is 13.9. The summed E-state index contributed by atoms with van der Waals surface area (Å²) >= 11 is 4.99. The van der Waals surface area contributed by atoms with E-state index in [0.29, 0.717) is 11.7 Å². The first kappa shape index (κ1) is 12.4. The molecule has 5 heteroatoms. The largest absolute Gasteiger partial charge is 0.489 e. The standard InChI is InChI=1S/C14H11BrN2OS/c15-11-6-10(7-12-13(11)19-14(16)17-12)18-8-9-4-2-1-3-5-9/h1-7H,8H2,(H2,16,17). The van der Waals surface area contributed by atoms with Gasteiger partial charge in [-0.1, -0.05) is 41.7 Å². The molecule has 0 bridgehead atoms. The molecule has 0 atom stereocenters. The monoisotopic (exact) mass is 334 g/mol. The first-order valence-electron chi connectivity index (χ1n) is 5.74. The van der Waals surface area contributed by atoms with Gasteiger partial charge in [0.2, 0.25) is 0 Å². The third-order valence-electron chi connectivity index (χ3n) is 2.68. The summed E-state index contributed by atoms with van der Waals surface area (Å²) in [5.41, 5.74) is 7.72. The topological polar surface area (TPSA) is 48.1 Å². The van der Waals surface area contributed by atoms with E-state index in [4.69, 9.17) is 10.5 Å². The number of anilines is 1. The number of thiazole rings is 1. The third-order valence-corrected chi connectivity index (χ3v) is 4.50. The fraction of sp³-hybridized carbons (Fsp3) is 0.0714. The fourth-order valence-electron chi connectivity index (χ4n) is 1.81. The maximum absolute atomic E-state index is 5.78. The van der Waals surface area contributed by atoms with Crippen LogP contribution in [0.25, 0.3) is 10.2 Å². The molecule has 1 heterocycles. The zero-order chi connectivity index (χ0) is 13.2. The Morgan fingerprint density at radius 1 is 1.21 bits per heavy atom. The Balaban J connectivity index is 1.85. The Morgan fingerprint density at radius 2 is 2.00 bits per heavy atom. The summed E-state index contributed by atoms with van der Waals surface area (Å²) in [6.07, 6.45) is 0. The number of hydrogen-bond acceptors (Lipinski definition) is 4. The van der Waals surface area contributed by atoms with Gasteiger partial charge >= 0.3 is 0 Å². The fourth-order valence-corrected chi connectivity index (χ4v) is 3.20. The number of fused-ring (bicyclic) bond motifs is 1. The molecule has 0 radical (unpaired) electrons. The lowest BCUT2D eigenvalue weighted by Crippen LogP contribution is -1.94. The highest BCUT2D eigenvalue weighted by Gasteiger charge is 2.08. The maximum Gasteiger partial charge on any atom is 0.181 e. The van der Waals surface area contributed by atoms with E-state index in [1.165, 1.54) is 11.3 Å². The molecule has 1 aromatic heterocycles. The van der Waals surface area contributed by atoms with Crippen molar-refractivity contribution in [1.29, 1.82) is 0 Å². The van der Waals surface area contributed by atoms with E-state index in [0.717, 1.165) is 26.0 Å². The van der Waals surface area contributed by atoms with Gasteiger partial charge in [-0.2, -0.15) is 0 Å². The van der Waals surface area contributed by atoms with Crippen molar-refractivity contribution in [3.8, 4) is 5.75 Å². The molecule has 0 aliphatic heterocycles. The molecule has 19 heavy (non-hydrogen) atoms. The van der Waals surface area contributed by atoms with Gasteiger partial charge in [0.15, 0.2) is 5.13 Å². The molecular formula is C14H11BrN2OS. The molecule has 96 valence electrons. The minimum atomic E-state index is 0.540. The Bertz CT molecular complexity index is 712. The summed E-state index contributed by atoms with van der Waals surface area (Å²) in [7, 11) is 0. The number of benzene rings is 2. The quantitative estimate of drug-likeness (QED) is 0.780. The predicted molar refractivity (Wildman–Crippen MR) is 82.5 cm³/mol. The molecule has 0 unspecified atom stereocenters. The van der Waals surface area contributed by atoms with Gasteiger partial charge in [0.25, 0.3) is 0 Å². The maximum atomic E-state index is 5.78. The number of rotatable bonds is 3. The van der Waals surface area contributed by atoms with Gasteiger partial charge in [-0.05, 0) is 27.6 Å². The average Bonchev–Trinajstić information content (AvgIpc) is 2.79. The Labute approximate surface area is 123 Å². The molecule has 0 saturated heterocycles. The van der Waals surface area contributed by atoms with Crippen molar-refractivity contribution in [3.05, 3.63) is 52.5 Å². The van der Waals surface area contributed by atoms with Gasteiger partial charge in [-0.15, -0.1) is 0 Å². The lowest BCUT2D eigenvalue weighted by atomic mass is 10.2. The van der Waals surface area contributed by atoms with Crippen LogP contribution in [0.3, 0.4) is 0 Å². The molecular weight excluding hydrogens is 324 g/mol. The van der Waals surface area contributed by atoms with Crippen LogP contribution in [0.15, 0.2) is 46.9 Å². The van der Waals surface area contributed by atoms with E-state index in [2.05, 4.69) is 20.9 Å². The van der Waals surface area contributed by atoms with E-state index >= 15 is 0 Å². The van der Waals surface area contributed by atoms with Gasteiger partial charge < -0.3 is 10.5 Å². The highest BCUT2D eigenvalue weighted by Crippen LogP contribution is 2.34. The molecule has 0 aliphatic carbocycles. The average molecular weight is 335 g/mol. The van der Waals surface area contributed by atoms with Crippen molar-refractivity contribution in [2.45, 2.75) is 6.61 Å². The van der Waals surface area contributed by atoms with Crippen LogP contribution in [0.2, 0.25) is 0 Å². The molecule has 3 aromatic rings. The van der Waals surface area contributed by atoms with Crippen LogP contribution >= 0.6 is 27.3 Å². The summed E-state index contributed by atoms with van der Waals surface area (Å²) in [5, 5.41) is 0.566. The van der Waals surface area contributed by atoms with Crippen LogP contribution in [0.4, 0.5) is 5.13 Å². The van der Waals surface area contributed by atoms with Crippen LogP contribution < -0.4 is 10.5 Å². The first-order chi connectivity index (χ1) is 9.22. The van der Waals surface area contributed by atoms with Crippen molar-refractivity contribution >= 4 is 42.6 Å². The number of hydrogen-bond donors (Lipinski definition) is 1. The van der Waals surface area contributed by atoms with Crippen molar-refractivity contribution < 1.29 is 4.74 Å². The SMILES string of the molecule is Nc1nc2cc(OCc3ccccc3)cc(Br)c2s1. The minimum Gasteiger partial charge on any atom is -0.489 e. The zero-order valence-corrected chi connectivity index (χ0v) is 12.4. The number of nitrogen functional groups attached to an aromatic ring is 1. The minimum absolute atomic E-state index is 0.540. The Kier molecular flexibility index (Phi) is 3.40. The molecule has 2 aromatic carbocycles. The summed E-state index contributed by atoms with van der Waals surface area (Å²) < 4.78 is 7.79. The number of nitrogens with two attached hydrogens (primary N) is 1. The number of ether oxygens (including phenoxy) is 1. The van der Waals surface area contributed by atoms with E-state index < -0.39 is 0 Å². The second kappa shape index (κ2) is 5.19. The smallest absolute Gasteiger partial charge is 0.181 e. The second-order valence-corrected chi connectivity index (χ2v) is 5.96. The van der Waals surface area contributed by atoms with Crippen LogP contribution in [-0.4, -0.2) is 4.98 Å². The summed E-state index contributed by atoms with van der Waals surface area (Å²) in [5.74, 6) is 0.786. The molecule has 0 amide bonds. The van der Waals surface area contributed by atoms with Crippen LogP contribution in [0.1, 0.15) is 5.56 Å². The van der Waals surface area contributed by atoms with E-state index in [1.54, 1.807) is 0 Å². The molecule has 0 saturated carbocycles. The molecule has 3 rings (SSSR count). The molecule has 0 spiro atoms. The summed E-state index contributed by atoms with van der Waals surface area (Å²) in [6.45, 7) is 0.540. The van der Waals surface area contributed by atoms with E-state index in [1.807, 2.05) is 42.5 Å². The molecule has 0 aliphatic rings. The molecule has 2 N–H and O–H groups in total. The third kappa shape index (κ3) is 2.72. The van der Waals surface area contributed by atoms with Crippen molar-refractivity contribution in [2.75, 3.05) is 5.73 Å². The molecule has 3 nitrogen and oxygen atoms in total. The van der Waals surface area contributed by atoms with E-state index in [-0.39, 0.29) is 0 Å². The van der Waals surface area contributed by atoms with Gasteiger partial charge in [-0.25, -0.2) is 4.98 Å². The van der Waals surface area contributed by atoms with Crippen molar-refractivity contribution in [2.24, 2.45) is 0 Å². The number of halogens is 1. The van der Waals surface area contributed by atoms with Crippen molar-refractivity contribution in [1.82, 2.24) is 4.98 Å². The lowest BCUT2D eigenvalue weighted by molar-refractivity contribution is 0.306. The normalized spacial score (nSPS) is 10.8. The highest BCUT2D eigenvalue weighted by molar-refractivity contribution is 9.10. The Hall–Kier alpha value is -1.59. The van der Waals surface area contributed by atoms with Gasteiger partial charge in [0.1, 0.15) is 12.4 Å². The van der Waals surface area contributed by atoms with Gasteiger partial charge in [0.05, 0.1) is 10.2 Å². The first-order valence-corrected chi connectivity index (χ1v) is 7.35. The van der Waals surface area contributed by atoms with Crippen LogP contribution in [0.5, 0.6) is 5.75 Å². The zero-order valence-electron chi connectivity index (χ0n) is 9.97. The van der Waals surface area contributed by atoms with Crippen LogP contribution in [-0.2, 0) is 6.61 Å². The van der Waals surface area contributed by atoms with E-state index in [9.17, 15) is 0 Å². The number of aromatic nitrogens is 1. The predicted octanol–water partition coefficient (Wildman–Crippen LogP) is 4.22. The highest BCUT2D eigenvalue weighted by atomic mass is 79.9. The Morgan fingerprint density at radius 3 is 2.79 bits per heavy atom. The molecule has 0 fully saturated rings. The summed E-state index contributed by atoms with van der Waals surface area (Å²) in [4.78, 5) is 4.28. The lowest BCUT2D eigenvalue weighted by Gasteiger charge is -2.06. The van der Waals surface area contributed by atoms with Crippen LogP contribution in [0, 0.1) is 0 Å². The van der Waals surface area contributed by atoms with Crippen molar-refractivity contribution in [3.63, 3.8) is 0 Å². The number of nitrogens with zero attached hydrogens (tertiary/aromatic N) is 1. The van der Waals surface area contributed by atoms with Gasteiger partial charge in [-0.3, -0.25) is 0 Å². The second-order valence-electron chi connectivity index (χ2n) is 4.08. The van der Waals surface area contributed by atoms with Gasteiger partial charge in [0, 0.05) is 10.5 Å².